The number of halogens is 4. The molecule has 6 nitrogen and oxygen atoms in total. The summed E-state index contributed by atoms with van der Waals surface area (Å²) in [5.74, 6) is -0.0213. The van der Waals surface area contributed by atoms with Crippen molar-refractivity contribution < 1.29 is 31.1 Å². The first kappa shape index (κ1) is 26.2. The summed E-state index contributed by atoms with van der Waals surface area (Å²) in [6.45, 7) is 3.28. The van der Waals surface area contributed by atoms with Crippen molar-refractivity contribution in [2.24, 2.45) is 0 Å². The van der Waals surface area contributed by atoms with Crippen LogP contribution in [0.4, 0.5) is 18.9 Å². The molecule has 1 N–H and O–H groups in total. The number of nitrogens with zero attached hydrogens (tertiary/aromatic N) is 1. The molecule has 1 aliphatic rings. The predicted octanol–water partition coefficient (Wildman–Crippen LogP) is 5.32. The van der Waals surface area contributed by atoms with E-state index in [9.17, 15) is 26.4 Å². The third-order valence-electron chi connectivity index (χ3n) is 6.05. The van der Waals surface area contributed by atoms with Crippen molar-refractivity contribution in [1.29, 1.82) is 0 Å². The van der Waals surface area contributed by atoms with Crippen LogP contribution in [0.2, 0.25) is 5.02 Å². The number of alkyl halides is 3. The third kappa shape index (κ3) is 5.60. The number of carbonyl (C=O) groups is 1. The molecule has 0 fully saturated rings. The van der Waals surface area contributed by atoms with E-state index in [1.54, 1.807) is 6.07 Å². The lowest BCUT2D eigenvalue weighted by molar-refractivity contribution is -0.137. The van der Waals surface area contributed by atoms with Crippen LogP contribution < -0.4 is 14.4 Å². The lowest BCUT2D eigenvalue weighted by atomic mass is 9.83. The topological polar surface area (TPSA) is 75.7 Å². The maximum absolute atomic E-state index is 13.3. The molecule has 0 unspecified atom stereocenters. The van der Waals surface area contributed by atoms with E-state index in [-0.39, 0.29) is 5.69 Å². The van der Waals surface area contributed by atoms with E-state index in [0.29, 0.717) is 35.4 Å². The van der Waals surface area contributed by atoms with Gasteiger partial charge in [0.25, 0.3) is 0 Å². The highest BCUT2D eigenvalue weighted by Crippen LogP contribution is 2.42. The number of nitrogens with one attached hydrogen (secondary N) is 1. The molecule has 11 heteroatoms. The number of hydrogen-bond donors (Lipinski definition) is 1. The largest absolute Gasteiger partial charge is 0.487 e. The van der Waals surface area contributed by atoms with Crippen LogP contribution in [0.3, 0.4) is 0 Å². The number of amides is 1. The fourth-order valence-electron chi connectivity index (χ4n) is 4.09. The molecule has 1 aliphatic heterocycles. The molecule has 1 heterocycles. The Morgan fingerprint density at radius 1 is 1.21 bits per heavy atom. The summed E-state index contributed by atoms with van der Waals surface area (Å²) in [7, 11) is -4.08. The van der Waals surface area contributed by atoms with Crippen LogP contribution in [0.1, 0.15) is 50.3 Å². The molecule has 0 spiro atoms. The molecule has 0 radical (unpaired) electrons. The zero-order valence-electron chi connectivity index (χ0n) is 18.9. The van der Waals surface area contributed by atoms with Crippen LogP contribution in [0.25, 0.3) is 0 Å². The van der Waals surface area contributed by atoms with Gasteiger partial charge in [0.15, 0.2) is 0 Å². The summed E-state index contributed by atoms with van der Waals surface area (Å²) in [4.78, 5) is 13.0. The fourth-order valence-corrected chi connectivity index (χ4v) is 5.16. The molecule has 2 aromatic rings. The van der Waals surface area contributed by atoms with Crippen LogP contribution in [0.15, 0.2) is 42.5 Å². The van der Waals surface area contributed by atoms with Gasteiger partial charge < -0.3 is 10.1 Å². The van der Waals surface area contributed by atoms with E-state index in [1.807, 2.05) is 32.0 Å². The molecule has 0 saturated heterocycles. The molecule has 0 aromatic heterocycles. The van der Waals surface area contributed by atoms with Gasteiger partial charge in [0, 0.05) is 12.0 Å². The lowest BCUT2D eigenvalue weighted by Gasteiger charge is -2.41. The van der Waals surface area contributed by atoms with Gasteiger partial charge >= 0.3 is 6.18 Å². The second-order valence-electron chi connectivity index (χ2n) is 8.29. The number of carbonyl (C=O) groups excluding carboxylic acids is 1. The number of fused-ring (bicyclic) bond motifs is 1. The molecular formula is C23H26ClF3N2O4S. The molecule has 0 aliphatic carbocycles. The molecule has 0 bridgehead atoms. The first-order chi connectivity index (χ1) is 15.8. The van der Waals surface area contributed by atoms with Gasteiger partial charge in [-0.1, -0.05) is 43.6 Å². The zero-order valence-corrected chi connectivity index (χ0v) is 20.5. The van der Waals surface area contributed by atoms with Gasteiger partial charge in [0.1, 0.15) is 17.9 Å². The van der Waals surface area contributed by atoms with Crippen LogP contribution in [0, 0.1) is 0 Å². The first-order valence-corrected chi connectivity index (χ1v) is 12.9. The minimum Gasteiger partial charge on any atom is -0.487 e. The Hall–Kier alpha value is -2.46. The Bertz CT molecular complexity index is 1170. The highest BCUT2D eigenvalue weighted by atomic mass is 35.5. The van der Waals surface area contributed by atoms with E-state index in [2.05, 4.69) is 5.32 Å². The Morgan fingerprint density at radius 2 is 1.85 bits per heavy atom. The van der Waals surface area contributed by atoms with Crippen LogP contribution in [0.5, 0.6) is 5.75 Å². The minimum absolute atomic E-state index is 0.307. The van der Waals surface area contributed by atoms with Gasteiger partial charge in [-0.25, -0.2) is 8.42 Å². The van der Waals surface area contributed by atoms with Crippen molar-refractivity contribution in [3.8, 4) is 5.75 Å². The van der Waals surface area contributed by atoms with Crippen LogP contribution in [-0.2, 0) is 21.0 Å². The van der Waals surface area contributed by atoms with Crippen molar-refractivity contribution in [3.05, 3.63) is 58.6 Å². The number of ether oxygens (including phenoxy) is 1. The maximum atomic E-state index is 13.3. The van der Waals surface area contributed by atoms with Gasteiger partial charge in [-0.2, -0.15) is 13.2 Å². The molecular weight excluding hydrogens is 493 g/mol. The monoisotopic (exact) mass is 518 g/mol. The standard InChI is InChI=1S/C23H26ClF3N2O4S/c1-4-22(5-2)13-19(16-8-6-7-9-20(16)33-22)28-21(30)14-29(34(3,31)32)15-10-11-18(24)17(12-15)23(25,26)27/h6-12,19H,4-5,13-14H2,1-3H3,(H,28,30)/t19-/m1/s1. The zero-order chi connectivity index (χ0) is 25.3. The van der Waals surface area contributed by atoms with Gasteiger partial charge in [0.05, 0.1) is 28.6 Å². The Labute approximate surface area is 202 Å². The summed E-state index contributed by atoms with van der Waals surface area (Å²) >= 11 is 5.66. The number of rotatable bonds is 7. The fraction of sp³-hybridized carbons (Fsp3) is 0.435. The number of para-hydroxylation sites is 1. The maximum Gasteiger partial charge on any atom is 0.417 e. The summed E-state index contributed by atoms with van der Waals surface area (Å²) in [6.07, 6.45) is -2.09. The van der Waals surface area contributed by atoms with Crippen molar-refractivity contribution in [1.82, 2.24) is 5.32 Å². The Balaban J connectivity index is 1.90. The van der Waals surface area contributed by atoms with Crippen molar-refractivity contribution in [2.45, 2.75) is 50.9 Å². The summed E-state index contributed by atoms with van der Waals surface area (Å²) in [5, 5.41) is 2.29. The van der Waals surface area contributed by atoms with Crippen molar-refractivity contribution >= 4 is 33.2 Å². The van der Waals surface area contributed by atoms with E-state index in [1.165, 1.54) is 0 Å². The second-order valence-corrected chi connectivity index (χ2v) is 10.6. The SMILES string of the molecule is CCC1(CC)C[C@@H](NC(=O)CN(c2ccc(Cl)c(C(F)(F)F)c2)S(C)(=O)=O)c2ccccc2O1. The Morgan fingerprint density at radius 3 is 2.44 bits per heavy atom. The van der Waals surface area contributed by atoms with Gasteiger partial charge in [0.2, 0.25) is 15.9 Å². The van der Waals surface area contributed by atoms with Crippen LogP contribution in [-0.4, -0.2) is 32.7 Å². The molecule has 186 valence electrons. The lowest BCUT2D eigenvalue weighted by Crippen LogP contribution is -2.47. The van der Waals surface area contributed by atoms with E-state index in [0.717, 1.165) is 24.0 Å². The van der Waals surface area contributed by atoms with Gasteiger partial charge in [-0.3, -0.25) is 9.10 Å². The highest BCUT2D eigenvalue weighted by Gasteiger charge is 2.39. The van der Waals surface area contributed by atoms with Gasteiger partial charge in [-0.05, 0) is 37.1 Å². The highest BCUT2D eigenvalue weighted by molar-refractivity contribution is 7.92. The van der Waals surface area contributed by atoms with E-state index < -0.39 is 50.9 Å². The molecule has 3 rings (SSSR count). The van der Waals surface area contributed by atoms with Crippen LogP contribution >= 0.6 is 11.6 Å². The number of benzene rings is 2. The second kappa shape index (κ2) is 9.65. The molecule has 1 atom stereocenters. The molecule has 0 saturated carbocycles. The average molecular weight is 519 g/mol. The summed E-state index contributed by atoms with van der Waals surface area (Å²) in [6, 6.07) is 9.52. The van der Waals surface area contributed by atoms with Gasteiger partial charge in [-0.15, -0.1) is 0 Å². The normalized spacial score (nSPS) is 17.4. The quantitative estimate of drug-likeness (QED) is 0.538. The number of anilines is 1. The summed E-state index contributed by atoms with van der Waals surface area (Å²) < 4.78 is 71.6. The van der Waals surface area contributed by atoms with Crippen molar-refractivity contribution in [3.63, 3.8) is 0 Å². The molecule has 2 aromatic carbocycles. The number of hydrogen-bond acceptors (Lipinski definition) is 4. The average Bonchev–Trinajstić information content (AvgIpc) is 2.76. The summed E-state index contributed by atoms with van der Waals surface area (Å²) in [5.41, 5.74) is -1.24. The molecule has 34 heavy (non-hydrogen) atoms. The smallest absolute Gasteiger partial charge is 0.417 e. The predicted molar refractivity (Wildman–Crippen MR) is 125 cm³/mol. The van der Waals surface area contributed by atoms with Crippen molar-refractivity contribution in [2.75, 3.05) is 17.1 Å². The van der Waals surface area contributed by atoms with E-state index in [4.69, 9.17) is 16.3 Å². The van der Waals surface area contributed by atoms with E-state index >= 15 is 0 Å². The number of sulfonamides is 1. The third-order valence-corrected chi connectivity index (χ3v) is 7.52. The molecule has 1 amide bonds. The minimum atomic E-state index is -4.78. The first-order valence-electron chi connectivity index (χ1n) is 10.7. The Kier molecular flexibility index (Phi) is 7.43.